The fraction of sp³-hybridized carbons (Fsp3) is 0.632. The van der Waals surface area contributed by atoms with Crippen LogP contribution < -0.4 is 15.4 Å². The Morgan fingerprint density at radius 3 is 2.78 bits per heavy atom. The van der Waals surface area contributed by atoms with Crippen LogP contribution in [0.15, 0.2) is 23.3 Å². The number of likely N-dealkylation sites (tertiary alicyclic amines) is 1. The summed E-state index contributed by atoms with van der Waals surface area (Å²) in [7, 11) is 3.18. The van der Waals surface area contributed by atoms with Crippen molar-refractivity contribution in [2.24, 2.45) is 10.9 Å². The maximum absolute atomic E-state index is 11.6. The van der Waals surface area contributed by atoms with Gasteiger partial charge in [-0.25, -0.2) is 9.78 Å². The van der Waals surface area contributed by atoms with Gasteiger partial charge in [-0.05, 0) is 43.2 Å². The van der Waals surface area contributed by atoms with E-state index in [1.54, 1.807) is 18.1 Å². The Bertz CT molecular complexity index is 655. The topological polar surface area (TPSA) is 88.1 Å². The summed E-state index contributed by atoms with van der Waals surface area (Å²) in [6, 6.07) is 4.23. The molecule has 1 aliphatic carbocycles. The lowest BCUT2D eigenvalue weighted by Crippen LogP contribution is -2.49. The average Bonchev–Trinajstić information content (AvgIpc) is 3.54. The van der Waals surface area contributed by atoms with Crippen molar-refractivity contribution in [1.82, 2.24) is 20.5 Å². The van der Waals surface area contributed by atoms with Gasteiger partial charge in [0.1, 0.15) is 0 Å². The number of nitrogens with zero attached hydrogens (tertiary/aromatic N) is 3. The Labute approximate surface area is 160 Å². The van der Waals surface area contributed by atoms with E-state index in [9.17, 15) is 4.79 Å². The number of carbonyl (C=O) groups excluding carboxylic acids is 1. The fourth-order valence-corrected chi connectivity index (χ4v) is 3.04. The monoisotopic (exact) mass is 375 g/mol. The lowest BCUT2D eigenvalue weighted by molar-refractivity contribution is 0.111. The van der Waals surface area contributed by atoms with Gasteiger partial charge in [0.15, 0.2) is 5.96 Å². The Morgan fingerprint density at radius 1 is 1.33 bits per heavy atom. The highest BCUT2D eigenvalue weighted by Gasteiger charge is 2.24. The van der Waals surface area contributed by atoms with E-state index in [2.05, 4.69) is 20.6 Å². The average molecular weight is 375 g/mol. The van der Waals surface area contributed by atoms with Gasteiger partial charge in [-0.1, -0.05) is 0 Å². The highest BCUT2D eigenvalue weighted by Crippen LogP contribution is 2.29. The zero-order chi connectivity index (χ0) is 19.1. The van der Waals surface area contributed by atoms with Crippen molar-refractivity contribution in [2.75, 3.05) is 33.9 Å². The Kier molecular flexibility index (Phi) is 6.73. The SMILES string of the molecule is CN=C(NCc1ccnc(OCC2CC2)c1)NC1CCN(C(=O)OC)CC1. The van der Waals surface area contributed by atoms with E-state index in [0.717, 1.165) is 31.0 Å². The molecule has 2 heterocycles. The normalized spacial score (nSPS) is 18.1. The predicted octanol–water partition coefficient (Wildman–Crippen LogP) is 1.77. The van der Waals surface area contributed by atoms with Gasteiger partial charge in [-0.2, -0.15) is 0 Å². The molecule has 1 aliphatic heterocycles. The molecule has 0 spiro atoms. The number of piperidine rings is 1. The molecule has 1 saturated heterocycles. The van der Waals surface area contributed by atoms with Crippen LogP contribution in [-0.2, 0) is 11.3 Å². The third-order valence-corrected chi connectivity index (χ3v) is 4.92. The highest BCUT2D eigenvalue weighted by molar-refractivity contribution is 5.80. The summed E-state index contributed by atoms with van der Waals surface area (Å²) in [6.07, 6.45) is 5.78. The number of guanidine groups is 1. The number of ether oxygens (including phenoxy) is 2. The van der Waals surface area contributed by atoms with Gasteiger partial charge in [-0.15, -0.1) is 0 Å². The molecule has 0 bridgehead atoms. The first-order valence-electron chi connectivity index (χ1n) is 9.55. The largest absolute Gasteiger partial charge is 0.477 e. The Morgan fingerprint density at radius 2 is 2.11 bits per heavy atom. The summed E-state index contributed by atoms with van der Waals surface area (Å²) in [4.78, 5) is 21.9. The summed E-state index contributed by atoms with van der Waals surface area (Å²) in [5.74, 6) is 2.14. The van der Waals surface area contributed by atoms with Crippen LogP contribution in [0.25, 0.3) is 0 Å². The van der Waals surface area contributed by atoms with Crippen LogP contribution >= 0.6 is 0 Å². The molecule has 2 fully saturated rings. The molecule has 27 heavy (non-hydrogen) atoms. The number of rotatable bonds is 6. The van der Waals surface area contributed by atoms with E-state index in [-0.39, 0.29) is 12.1 Å². The third-order valence-electron chi connectivity index (χ3n) is 4.92. The van der Waals surface area contributed by atoms with Gasteiger partial charge in [-0.3, -0.25) is 4.99 Å². The molecule has 1 aromatic heterocycles. The summed E-state index contributed by atoms with van der Waals surface area (Å²) < 4.78 is 10.5. The molecule has 0 unspecified atom stereocenters. The first-order valence-corrected chi connectivity index (χ1v) is 9.55. The number of methoxy groups -OCH3 is 1. The van der Waals surface area contributed by atoms with E-state index >= 15 is 0 Å². The fourth-order valence-electron chi connectivity index (χ4n) is 3.04. The number of aliphatic imine (C=N–C) groups is 1. The minimum atomic E-state index is -0.256. The molecule has 1 saturated carbocycles. The lowest BCUT2D eigenvalue weighted by Gasteiger charge is -2.32. The Balaban J connectivity index is 1.42. The van der Waals surface area contributed by atoms with E-state index in [0.29, 0.717) is 31.4 Å². The molecule has 1 amide bonds. The zero-order valence-corrected chi connectivity index (χ0v) is 16.1. The lowest BCUT2D eigenvalue weighted by atomic mass is 10.1. The van der Waals surface area contributed by atoms with Gasteiger partial charge in [0, 0.05) is 45.0 Å². The summed E-state index contributed by atoms with van der Waals surface area (Å²) >= 11 is 0. The minimum absolute atomic E-state index is 0.256. The quantitative estimate of drug-likeness (QED) is 0.582. The first kappa shape index (κ1) is 19.3. The number of amides is 1. The second-order valence-electron chi connectivity index (χ2n) is 7.06. The number of hydrogen-bond acceptors (Lipinski definition) is 5. The number of nitrogens with one attached hydrogen (secondary N) is 2. The maximum atomic E-state index is 11.6. The number of hydrogen-bond donors (Lipinski definition) is 2. The molecule has 3 rings (SSSR count). The molecule has 0 aromatic carbocycles. The molecule has 8 nitrogen and oxygen atoms in total. The van der Waals surface area contributed by atoms with Crippen molar-refractivity contribution >= 4 is 12.1 Å². The molecule has 2 aliphatic rings. The molecule has 1 aromatic rings. The standard InChI is InChI=1S/C19H29N5O3/c1-20-18(23-16-6-9-24(10-7-16)19(25)26-2)22-12-15-5-8-21-17(11-15)27-13-14-3-4-14/h5,8,11,14,16H,3-4,6-7,9-10,12-13H2,1-2H3,(H2,20,22,23). The number of pyridine rings is 1. The Hall–Kier alpha value is -2.51. The van der Waals surface area contributed by atoms with Crippen LogP contribution in [-0.4, -0.2) is 61.8 Å². The van der Waals surface area contributed by atoms with Crippen molar-refractivity contribution in [2.45, 2.75) is 38.3 Å². The van der Waals surface area contributed by atoms with Gasteiger partial charge < -0.3 is 25.0 Å². The smallest absolute Gasteiger partial charge is 0.409 e. The zero-order valence-electron chi connectivity index (χ0n) is 16.1. The van der Waals surface area contributed by atoms with Crippen LogP contribution in [0.5, 0.6) is 5.88 Å². The third kappa shape index (κ3) is 6.01. The van der Waals surface area contributed by atoms with Gasteiger partial charge in [0.25, 0.3) is 0 Å². The molecular weight excluding hydrogens is 346 g/mol. The molecule has 148 valence electrons. The van der Waals surface area contributed by atoms with Crippen LogP contribution in [0.2, 0.25) is 0 Å². The van der Waals surface area contributed by atoms with Crippen molar-refractivity contribution in [3.05, 3.63) is 23.9 Å². The predicted molar refractivity (Wildman–Crippen MR) is 103 cm³/mol. The van der Waals surface area contributed by atoms with E-state index in [4.69, 9.17) is 9.47 Å². The molecule has 0 atom stereocenters. The molecule has 0 radical (unpaired) electrons. The second kappa shape index (κ2) is 9.43. The van der Waals surface area contributed by atoms with Crippen molar-refractivity contribution in [3.8, 4) is 5.88 Å². The summed E-state index contributed by atoms with van der Waals surface area (Å²) in [5, 5.41) is 6.76. The van der Waals surface area contributed by atoms with Crippen LogP contribution in [0.3, 0.4) is 0 Å². The van der Waals surface area contributed by atoms with Gasteiger partial charge in [0.2, 0.25) is 5.88 Å². The number of carbonyl (C=O) groups is 1. The van der Waals surface area contributed by atoms with Gasteiger partial charge in [0.05, 0.1) is 13.7 Å². The summed E-state index contributed by atoms with van der Waals surface area (Å²) in [5.41, 5.74) is 1.10. The minimum Gasteiger partial charge on any atom is -0.477 e. The summed E-state index contributed by atoms with van der Waals surface area (Å²) in [6.45, 7) is 2.78. The van der Waals surface area contributed by atoms with Crippen LogP contribution in [0.4, 0.5) is 4.79 Å². The van der Waals surface area contributed by atoms with Crippen LogP contribution in [0, 0.1) is 5.92 Å². The van der Waals surface area contributed by atoms with E-state index in [1.165, 1.54) is 20.0 Å². The first-order chi connectivity index (χ1) is 13.2. The molecule has 2 N–H and O–H groups in total. The van der Waals surface area contributed by atoms with Gasteiger partial charge >= 0.3 is 6.09 Å². The van der Waals surface area contributed by atoms with E-state index < -0.39 is 0 Å². The molecular formula is C19H29N5O3. The van der Waals surface area contributed by atoms with Crippen molar-refractivity contribution < 1.29 is 14.3 Å². The molecule has 8 heteroatoms. The second-order valence-corrected chi connectivity index (χ2v) is 7.06. The van der Waals surface area contributed by atoms with Crippen molar-refractivity contribution in [3.63, 3.8) is 0 Å². The van der Waals surface area contributed by atoms with E-state index in [1.807, 2.05) is 12.1 Å². The van der Waals surface area contributed by atoms with Crippen LogP contribution in [0.1, 0.15) is 31.2 Å². The van der Waals surface area contributed by atoms with Crippen molar-refractivity contribution in [1.29, 1.82) is 0 Å². The highest BCUT2D eigenvalue weighted by atomic mass is 16.5. The maximum Gasteiger partial charge on any atom is 0.409 e. The number of aromatic nitrogens is 1.